The first kappa shape index (κ1) is 21.5. The van der Waals surface area contributed by atoms with Crippen LogP contribution in [0.3, 0.4) is 0 Å². The summed E-state index contributed by atoms with van der Waals surface area (Å²) < 4.78 is 22.4. The second kappa shape index (κ2) is 10.4. The zero-order valence-corrected chi connectivity index (χ0v) is 17.0. The summed E-state index contributed by atoms with van der Waals surface area (Å²) in [5.74, 6) is 1.54. The van der Waals surface area contributed by atoms with E-state index in [1.54, 1.807) is 0 Å². The number of nitrogens with zero attached hydrogens (tertiary/aromatic N) is 1. The summed E-state index contributed by atoms with van der Waals surface area (Å²) in [4.78, 5) is 4.47. The molecule has 0 fully saturated rings. The topological polar surface area (TPSA) is 70.6 Å². The molecule has 0 amide bonds. The molecule has 0 heterocycles. The molecule has 1 aromatic carbocycles. The van der Waals surface area contributed by atoms with Gasteiger partial charge in [-0.1, -0.05) is 38.1 Å². The molecule has 0 aromatic heterocycles. The molecule has 6 heteroatoms. The van der Waals surface area contributed by atoms with Crippen LogP contribution >= 0.6 is 0 Å². The minimum absolute atomic E-state index is 0.126. The molecular weight excluding hydrogens is 334 g/mol. The van der Waals surface area contributed by atoms with Crippen LogP contribution in [0.4, 0.5) is 0 Å². The number of nitrogens with one attached hydrogen (secondary N) is 2. The Morgan fingerprint density at radius 2 is 1.80 bits per heavy atom. The molecule has 1 atom stereocenters. The van der Waals surface area contributed by atoms with E-state index < -0.39 is 9.84 Å². The van der Waals surface area contributed by atoms with Gasteiger partial charge in [0.1, 0.15) is 9.84 Å². The third kappa shape index (κ3) is 9.48. The summed E-state index contributed by atoms with van der Waals surface area (Å²) >= 11 is 0. The second-order valence-electron chi connectivity index (χ2n) is 6.95. The predicted octanol–water partition coefficient (Wildman–Crippen LogP) is 2.94. The summed E-state index contributed by atoms with van der Waals surface area (Å²) in [6.45, 7) is 9.81. The first-order valence-electron chi connectivity index (χ1n) is 9.02. The molecule has 142 valence electrons. The van der Waals surface area contributed by atoms with Crippen molar-refractivity contribution in [3.63, 3.8) is 0 Å². The van der Waals surface area contributed by atoms with Crippen LogP contribution in [0.5, 0.6) is 0 Å². The quantitative estimate of drug-likeness (QED) is 0.400. The van der Waals surface area contributed by atoms with Crippen LogP contribution in [0.1, 0.15) is 51.3 Å². The molecule has 2 N–H and O–H groups in total. The van der Waals surface area contributed by atoms with Gasteiger partial charge in [0, 0.05) is 19.3 Å². The van der Waals surface area contributed by atoms with E-state index in [0.29, 0.717) is 18.9 Å². The highest BCUT2D eigenvalue weighted by Crippen LogP contribution is 2.15. The molecule has 0 saturated heterocycles. The van der Waals surface area contributed by atoms with Gasteiger partial charge in [-0.2, -0.15) is 0 Å². The zero-order chi connectivity index (χ0) is 18.9. The Balaban J connectivity index is 2.63. The van der Waals surface area contributed by atoms with E-state index in [0.717, 1.165) is 18.9 Å². The minimum atomic E-state index is -2.92. The number of rotatable bonds is 9. The van der Waals surface area contributed by atoms with Crippen molar-refractivity contribution in [2.45, 2.75) is 46.6 Å². The van der Waals surface area contributed by atoms with E-state index in [2.05, 4.69) is 60.7 Å². The minimum Gasteiger partial charge on any atom is -0.357 e. The lowest BCUT2D eigenvalue weighted by atomic mass is 10.00. The van der Waals surface area contributed by atoms with Crippen LogP contribution in [0.25, 0.3) is 0 Å². The summed E-state index contributed by atoms with van der Waals surface area (Å²) in [5, 5.41) is 6.59. The number of hydrogen-bond acceptors (Lipinski definition) is 3. The molecule has 1 rings (SSSR count). The number of sulfone groups is 1. The fraction of sp³-hybridized carbons (Fsp3) is 0.632. The van der Waals surface area contributed by atoms with Crippen LogP contribution in [0.2, 0.25) is 0 Å². The van der Waals surface area contributed by atoms with Crippen LogP contribution in [0, 0.1) is 5.92 Å². The maximum Gasteiger partial charge on any atom is 0.191 e. The smallest absolute Gasteiger partial charge is 0.191 e. The second-order valence-corrected chi connectivity index (χ2v) is 9.21. The van der Waals surface area contributed by atoms with Gasteiger partial charge >= 0.3 is 0 Å². The van der Waals surface area contributed by atoms with Crippen molar-refractivity contribution >= 4 is 15.8 Å². The molecule has 0 saturated carbocycles. The van der Waals surface area contributed by atoms with Crippen molar-refractivity contribution in [1.29, 1.82) is 0 Å². The number of benzene rings is 1. The Kier molecular flexibility index (Phi) is 8.97. The van der Waals surface area contributed by atoms with Gasteiger partial charge in [0.15, 0.2) is 5.96 Å². The van der Waals surface area contributed by atoms with E-state index >= 15 is 0 Å². The predicted molar refractivity (Wildman–Crippen MR) is 107 cm³/mol. The van der Waals surface area contributed by atoms with Crippen molar-refractivity contribution in [1.82, 2.24) is 10.6 Å². The lowest BCUT2D eigenvalue weighted by Crippen LogP contribution is -2.38. The summed E-state index contributed by atoms with van der Waals surface area (Å²) in [6, 6.07) is 8.80. The van der Waals surface area contributed by atoms with E-state index in [-0.39, 0.29) is 11.8 Å². The lowest BCUT2D eigenvalue weighted by molar-refractivity contribution is 0.599. The van der Waals surface area contributed by atoms with E-state index in [9.17, 15) is 8.42 Å². The summed E-state index contributed by atoms with van der Waals surface area (Å²) in [5.41, 5.74) is 2.56. The molecule has 0 radical (unpaired) electrons. The van der Waals surface area contributed by atoms with Gasteiger partial charge in [0.25, 0.3) is 0 Å². The fourth-order valence-electron chi connectivity index (χ4n) is 2.54. The van der Waals surface area contributed by atoms with Gasteiger partial charge in [-0.25, -0.2) is 8.42 Å². The van der Waals surface area contributed by atoms with Crippen LogP contribution < -0.4 is 10.6 Å². The monoisotopic (exact) mass is 367 g/mol. The highest BCUT2D eigenvalue weighted by atomic mass is 32.2. The molecule has 1 aromatic rings. The van der Waals surface area contributed by atoms with Gasteiger partial charge in [-0.15, -0.1) is 0 Å². The van der Waals surface area contributed by atoms with Crippen molar-refractivity contribution in [3.05, 3.63) is 35.4 Å². The average molecular weight is 368 g/mol. The van der Waals surface area contributed by atoms with Gasteiger partial charge in [-0.05, 0) is 43.7 Å². The Bertz CT molecular complexity index is 637. The van der Waals surface area contributed by atoms with Gasteiger partial charge in [0.05, 0.1) is 11.8 Å². The molecule has 0 aliphatic rings. The largest absolute Gasteiger partial charge is 0.357 e. The Morgan fingerprint density at radius 1 is 1.16 bits per heavy atom. The Labute approximate surface area is 153 Å². The third-order valence-corrected chi connectivity index (χ3v) is 4.79. The number of hydrogen-bond donors (Lipinski definition) is 2. The molecule has 0 spiro atoms. The molecular formula is C19H33N3O2S. The molecule has 25 heavy (non-hydrogen) atoms. The number of guanidine groups is 1. The van der Waals surface area contributed by atoms with Crippen LogP contribution in [-0.2, 0) is 16.3 Å². The molecule has 0 bridgehead atoms. The summed E-state index contributed by atoms with van der Waals surface area (Å²) in [7, 11) is -2.92. The Hall–Kier alpha value is -1.56. The van der Waals surface area contributed by atoms with E-state index in [4.69, 9.17) is 0 Å². The average Bonchev–Trinajstić information content (AvgIpc) is 2.50. The molecule has 5 nitrogen and oxygen atoms in total. The first-order valence-corrected chi connectivity index (χ1v) is 11.1. The number of aliphatic imine (C=N–C) groups is 1. The molecule has 0 aliphatic carbocycles. The van der Waals surface area contributed by atoms with Crippen molar-refractivity contribution < 1.29 is 8.42 Å². The SMILES string of the molecule is CCNC(=NCCCS(C)(=O)=O)NC(C)c1ccc(CC(C)C)cc1. The Morgan fingerprint density at radius 3 is 2.32 bits per heavy atom. The van der Waals surface area contributed by atoms with Gasteiger partial charge in [0.2, 0.25) is 0 Å². The molecule has 1 unspecified atom stereocenters. The van der Waals surface area contributed by atoms with Gasteiger partial charge < -0.3 is 10.6 Å². The zero-order valence-electron chi connectivity index (χ0n) is 16.2. The normalized spacial score (nSPS) is 13.8. The maximum absolute atomic E-state index is 11.2. The van der Waals surface area contributed by atoms with E-state index in [1.807, 2.05) is 6.92 Å². The van der Waals surface area contributed by atoms with Crippen molar-refractivity contribution in [3.8, 4) is 0 Å². The van der Waals surface area contributed by atoms with Crippen LogP contribution in [0.15, 0.2) is 29.3 Å². The summed E-state index contributed by atoms with van der Waals surface area (Å²) in [6.07, 6.45) is 2.88. The van der Waals surface area contributed by atoms with Crippen LogP contribution in [-0.4, -0.2) is 39.5 Å². The highest BCUT2D eigenvalue weighted by Gasteiger charge is 2.08. The van der Waals surface area contributed by atoms with Crippen molar-refractivity contribution in [2.24, 2.45) is 10.9 Å². The fourth-order valence-corrected chi connectivity index (χ4v) is 3.19. The highest BCUT2D eigenvalue weighted by molar-refractivity contribution is 7.90. The van der Waals surface area contributed by atoms with Crippen molar-refractivity contribution in [2.75, 3.05) is 25.1 Å². The standard InChI is InChI=1S/C19H33N3O2S/c1-6-20-19(21-12-7-13-25(5,23)24)22-16(4)18-10-8-17(9-11-18)14-15(2)3/h8-11,15-16H,6-7,12-14H2,1-5H3,(H2,20,21,22). The van der Waals surface area contributed by atoms with E-state index in [1.165, 1.54) is 17.4 Å². The first-order chi connectivity index (χ1) is 11.7. The maximum atomic E-state index is 11.2. The van der Waals surface area contributed by atoms with Gasteiger partial charge in [-0.3, -0.25) is 4.99 Å². The lowest BCUT2D eigenvalue weighted by Gasteiger charge is -2.18. The molecule has 0 aliphatic heterocycles. The third-order valence-electron chi connectivity index (χ3n) is 3.76.